The zero-order chi connectivity index (χ0) is 18.8. The van der Waals surface area contributed by atoms with Crippen molar-refractivity contribution >= 4 is 27.5 Å². The highest BCUT2D eigenvalue weighted by Crippen LogP contribution is 2.37. The summed E-state index contributed by atoms with van der Waals surface area (Å²) in [6, 6.07) is 12.0. The van der Waals surface area contributed by atoms with Gasteiger partial charge in [-0.15, -0.1) is 0 Å². The fourth-order valence-corrected chi connectivity index (χ4v) is 3.60. The lowest BCUT2D eigenvalue weighted by atomic mass is 10.1. The van der Waals surface area contributed by atoms with Crippen LogP contribution in [-0.4, -0.2) is 56.5 Å². The van der Waals surface area contributed by atoms with Gasteiger partial charge in [0.25, 0.3) is 0 Å². The van der Waals surface area contributed by atoms with Crippen LogP contribution in [0.4, 0.5) is 10.1 Å². The molecule has 0 spiro atoms. The van der Waals surface area contributed by atoms with Gasteiger partial charge in [-0.1, -0.05) is 18.2 Å². The Morgan fingerprint density at radius 3 is 2.70 bits per heavy atom. The van der Waals surface area contributed by atoms with Gasteiger partial charge in [-0.3, -0.25) is 4.90 Å². The van der Waals surface area contributed by atoms with Gasteiger partial charge in [-0.05, 0) is 18.6 Å². The second kappa shape index (κ2) is 7.56. The van der Waals surface area contributed by atoms with Crippen LogP contribution < -0.4 is 14.8 Å². The number of para-hydroxylation sites is 1. The number of ether oxygens (including phenoxy) is 2. The summed E-state index contributed by atoms with van der Waals surface area (Å²) in [6.07, 6.45) is 0.189. The molecule has 5 nitrogen and oxygen atoms in total. The molecule has 6 heteroatoms. The molecular weight excluding hydrogens is 345 g/mol. The molecule has 1 fully saturated rings. The number of halogens is 1. The van der Waals surface area contributed by atoms with Crippen molar-refractivity contribution in [3.05, 3.63) is 36.4 Å². The van der Waals surface area contributed by atoms with Gasteiger partial charge in [0.15, 0.2) is 11.5 Å². The summed E-state index contributed by atoms with van der Waals surface area (Å²) >= 11 is 0. The average molecular weight is 369 g/mol. The molecule has 0 saturated carbocycles. The second-order valence-electron chi connectivity index (χ2n) is 6.83. The second-order valence-corrected chi connectivity index (χ2v) is 6.83. The third-order valence-electron chi connectivity index (χ3n) is 5.00. The molecule has 1 saturated heterocycles. The van der Waals surface area contributed by atoms with Gasteiger partial charge >= 0.3 is 0 Å². The summed E-state index contributed by atoms with van der Waals surface area (Å²) in [5, 5.41) is 5.36. The predicted octanol–water partition coefficient (Wildman–Crippen LogP) is 3.86. The Kier molecular flexibility index (Phi) is 4.99. The van der Waals surface area contributed by atoms with Crippen molar-refractivity contribution in [3.63, 3.8) is 0 Å². The van der Waals surface area contributed by atoms with Gasteiger partial charge in [0.2, 0.25) is 0 Å². The molecule has 0 unspecified atom stereocenters. The van der Waals surface area contributed by atoms with Gasteiger partial charge in [0.05, 0.1) is 30.4 Å². The Hall–Kier alpha value is -2.60. The van der Waals surface area contributed by atoms with Crippen LogP contribution in [-0.2, 0) is 0 Å². The molecule has 1 N–H and O–H groups in total. The maximum Gasteiger partial charge on any atom is 0.163 e. The number of anilines is 1. The van der Waals surface area contributed by atoms with Crippen molar-refractivity contribution < 1.29 is 13.9 Å². The quantitative estimate of drug-likeness (QED) is 0.506. The highest BCUT2D eigenvalue weighted by atomic mass is 19.1. The van der Waals surface area contributed by atoms with Crippen LogP contribution in [0.2, 0.25) is 0 Å². The molecular formula is C21H24FN3O2. The van der Waals surface area contributed by atoms with Crippen molar-refractivity contribution in [2.24, 2.45) is 0 Å². The number of rotatable bonds is 7. The Labute approximate surface area is 158 Å². The Morgan fingerprint density at radius 2 is 1.96 bits per heavy atom. The first kappa shape index (κ1) is 17.8. The van der Waals surface area contributed by atoms with Crippen molar-refractivity contribution in [3.8, 4) is 11.5 Å². The van der Waals surface area contributed by atoms with Crippen LogP contribution >= 0.6 is 0 Å². The number of pyridine rings is 1. The Bertz CT molecular complexity index is 957. The molecule has 1 aromatic heterocycles. The number of nitrogens with one attached hydrogen (secondary N) is 1. The molecule has 0 bridgehead atoms. The van der Waals surface area contributed by atoms with Gasteiger partial charge in [0, 0.05) is 43.5 Å². The van der Waals surface area contributed by atoms with Crippen LogP contribution in [0.25, 0.3) is 21.8 Å². The average Bonchev–Trinajstić information content (AvgIpc) is 2.67. The molecule has 27 heavy (non-hydrogen) atoms. The Balaban J connectivity index is 1.59. The van der Waals surface area contributed by atoms with Gasteiger partial charge in [-0.25, -0.2) is 9.37 Å². The van der Waals surface area contributed by atoms with E-state index in [1.165, 1.54) is 0 Å². The molecule has 0 radical (unpaired) electrons. The SMILES string of the molecule is CNc1c2ccccc2nc2cc(OCCCN3CC(F)C3)c(OC)cc12. The van der Waals surface area contributed by atoms with E-state index in [0.717, 1.165) is 40.5 Å². The van der Waals surface area contributed by atoms with E-state index in [2.05, 4.69) is 16.3 Å². The monoisotopic (exact) mass is 369 g/mol. The van der Waals surface area contributed by atoms with E-state index >= 15 is 0 Å². The smallest absolute Gasteiger partial charge is 0.163 e. The third-order valence-corrected chi connectivity index (χ3v) is 5.00. The summed E-state index contributed by atoms with van der Waals surface area (Å²) in [7, 11) is 3.55. The molecule has 1 aliphatic rings. The van der Waals surface area contributed by atoms with Crippen LogP contribution in [0.1, 0.15) is 6.42 Å². The third kappa shape index (κ3) is 3.49. The number of nitrogens with zero attached hydrogens (tertiary/aromatic N) is 2. The molecule has 4 rings (SSSR count). The van der Waals surface area contributed by atoms with Crippen LogP contribution in [0.5, 0.6) is 11.5 Å². The number of fused-ring (bicyclic) bond motifs is 2. The lowest BCUT2D eigenvalue weighted by molar-refractivity contribution is 0.0611. The predicted molar refractivity (Wildman–Crippen MR) is 107 cm³/mol. The number of hydrogen-bond donors (Lipinski definition) is 1. The molecule has 0 atom stereocenters. The fraction of sp³-hybridized carbons (Fsp3) is 0.381. The van der Waals surface area contributed by atoms with E-state index in [1.54, 1.807) is 7.11 Å². The molecule has 2 heterocycles. The van der Waals surface area contributed by atoms with E-state index in [0.29, 0.717) is 31.2 Å². The lowest BCUT2D eigenvalue weighted by Crippen LogP contribution is -2.48. The van der Waals surface area contributed by atoms with Crippen LogP contribution in [0, 0.1) is 0 Å². The summed E-state index contributed by atoms with van der Waals surface area (Å²) in [5.74, 6) is 1.37. The lowest BCUT2D eigenvalue weighted by Gasteiger charge is -2.34. The number of hydrogen-bond acceptors (Lipinski definition) is 5. The van der Waals surface area contributed by atoms with Crippen LogP contribution in [0.3, 0.4) is 0 Å². The van der Waals surface area contributed by atoms with Crippen molar-refractivity contribution in [1.29, 1.82) is 0 Å². The number of methoxy groups -OCH3 is 1. The van der Waals surface area contributed by atoms with E-state index < -0.39 is 6.17 Å². The molecule has 2 aromatic carbocycles. The Morgan fingerprint density at radius 1 is 1.15 bits per heavy atom. The summed E-state index contributed by atoms with van der Waals surface area (Å²) in [5.41, 5.74) is 2.82. The van der Waals surface area contributed by atoms with Gasteiger partial charge in [0.1, 0.15) is 6.17 Å². The zero-order valence-electron chi connectivity index (χ0n) is 15.7. The fourth-order valence-electron chi connectivity index (χ4n) is 3.60. The van der Waals surface area contributed by atoms with Crippen molar-refractivity contribution in [1.82, 2.24) is 9.88 Å². The number of benzene rings is 2. The van der Waals surface area contributed by atoms with E-state index in [9.17, 15) is 4.39 Å². The number of aromatic nitrogens is 1. The summed E-state index contributed by atoms with van der Waals surface area (Å²) < 4.78 is 24.4. The molecule has 0 amide bonds. The minimum atomic E-state index is -0.659. The highest BCUT2D eigenvalue weighted by molar-refractivity contribution is 6.08. The van der Waals surface area contributed by atoms with Crippen LogP contribution in [0.15, 0.2) is 36.4 Å². The van der Waals surface area contributed by atoms with Crippen molar-refractivity contribution in [2.75, 3.05) is 45.7 Å². The zero-order valence-corrected chi connectivity index (χ0v) is 15.7. The maximum absolute atomic E-state index is 12.9. The largest absolute Gasteiger partial charge is 0.493 e. The maximum atomic E-state index is 12.9. The number of likely N-dealkylation sites (tertiary alicyclic amines) is 1. The van der Waals surface area contributed by atoms with E-state index in [-0.39, 0.29) is 0 Å². The first-order valence-electron chi connectivity index (χ1n) is 9.27. The highest BCUT2D eigenvalue weighted by Gasteiger charge is 2.25. The van der Waals surface area contributed by atoms with E-state index in [4.69, 9.17) is 14.5 Å². The molecule has 1 aliphatic heterocycles. The summed E-state index contributed by atoms with van der Waals surface area (Å²) in [4.78, 5) is 6.88. The number of alkyl halides is 1. The first-order valence-corrected chi connectivity index (χ1v) is 9.27. The van der Waals surface area contributed by atoms with Gasteiger partial charge < -0.3 is 14.8 Å². The molecule has 3 aromatic rings. The van der Waals surface area contributed by atoms with Gasteiger partial charge in [-0.2, -0.15) is 0 Å². The molecule has 142 valence electrons. The minimum Gasteiger partial charge on any atom is -0.493 e. The van der Waals surface area contributed by atoms with E-state index in [1.807, 2.05) is 37.4 Å². The standard InChI is InChI=1S/C21H24FN3O2/c1-23-21-15-6-3-4-7-17(15)24-18-11-20(19(26-2)10-16(18)21)27-9-5-8-25-12-14(22)13-25/h3-4,6-7,10-11,14H,5,8-9,12-13H2,1-2H3,(H,23,24). The van der Waals surface area contributed by atoms with Crippen molar-refractivity contribution in [2.45, 2.75) is 12.6 Å². The first-order chi connectivity index (χ1) is 13.2. The minimum absolute atomic E-state index is 0.545. The summed E-state index contributed by atoms with van der Waals surface area (Å²) in [6.45, 7) is 2.50. The molecule has 0 aliphatic carbocycles. The topological polar surface area (TPSA) is 46.6 Å². The normalized spacial score (nSPS) is 15.1.